The van der Waals surface area contributed by atoms with Crippen molar-refractivity contribution in [2.24, 2.45) is 5.73 Å². The molecule has 0 amide bonds. The lowest BCUT2D eigenvalue weighted by atomic mass is 10.2. The van der Waals surface area contributed by atoms with Gasteiger partial charge in [-0.2, -0.15) is 0 Å². The van der Waals surface area contributed by atoms with Gasteiger partial charge in [0.05, 0.1) is 5.02 Å². The van der Waals surface area contributed by atoms with Gasteiger partial charge in [-0.05, 0) is 23.8 Å². The molecule has 2 aromatic carbocycles. The quantitative estimate of drug-likeness (QED) is 0.918. The largest absolute Gasteiger partial charge is 0.487 e. The molecule has 2 rings (SSSR count). The maximum atomic E-state index is 13.4. The second-order valence-corrected chi connectivity index (χ2v) is 4.26. The molecule has 0 heterocycles. The van der Waals surface area contributed by atoms with Crippen LogP contribution in [0.5, 0.6) is 5.75 Å². The van der Waals surface area contributed by atoms with E-state index in [1.54, 1.807) is 30.3 Å². The minimum atomic E-state index is -0.285. The molecule has 94 valence electrons. The molecule has 0 saturated heterocycles. The molecule has 2 aromatic rings. The number of ether oxygens (including phenoxy) is 1. The molecule has 18 heavy (non-hydrogen) atoms. The highest BCUT2D eigenvalue weighted by molar-refractivity contribution is 6.32. The summed E-state index contributed by atoms with van der Waals surface area (Å²) in [5, 5.41) is 0.481. The topological polar surface area (TPSA) is 35.2 Å². The molecule has 0 spiro atoms. The van der Waals surface area contributed by atoms with Gasteiger partial charge in [0, 0.05) is 12.1 Å². The van der Waals surface area contributed by atoms with Gasteiger partial charge in [0.25, 0.3) is 0 Å². The highest BCUT2D eigenvalue weighted by Crippen LogP contribution is 2.26. The molecular weight excluding hydrogens is 253 g/mol. The Kier molecular flexibility index (Phi) is 4.18. The first kappa shape index (κ1) is 12.9. The molecule has 0 atom stereocenters. The molecule has 2 nitrogen and oxygen atoms in total. The Bertz CT molecular complexity index is 545. The third-order valence-electron chi connectivity index (χ3n) is 2.57. The maximum absolute atomic E-state index is 13.4. The molecule has 2 N–H and O–H groups in total. The van der Waals surface area contributed by atoms with E-state index in [-0.39, 0.29) is 12.4 Å². The Morgan fingerprint density at radius 2 is 1.94 bits per heavy atom. The monoisotopic (exact) mass is 265 g/mol. The molecule has 0 aliphatic heterocycles. The fourth-order valence-electron chi connectivity index (χ4n) is 1.56. The summed E-state index contributed by atoms with van der Waals surface area (Å²) < 4.78 is 18.9. The highest BCUT2D eigenvalue weighted by Gasteiger charge is 2.05. The summed E-state index contributed by atoms with van der Waals surface area (Å²) in [5.41, 5.74) is 6.93. The van der Waals surface area contributed by atoms with Crippen LogP contribution >= 0.6 is 11.6 Å². The molecular formula is C14H13ClFNO. The lowest BCUT2D eigenvalue weighted by Gasteiger charge is -2.09. The van der Waals surface area contributed by atoms with Crippen LogP contribution in [-0.4, -0.2) is 0 Å². The average molecular weight is 266 g/mol. The predicted octanol–water partition coefficient (Wildman–Crippen LogP) is 3.52. The van der Waals surface area contributed by atoms with E-state index >= 15 is 0 Å². The van der Waals surface area contributed by atoms with Gasteiger partial charge >= 0.3 is 0 Å². The van der Waals surface area contributed by atoms with Crippen LogP contribution in [0, 0.1) is 5.82 Å². The van der Waals surface area contributed by atoms with E-state index < -0.39 is 0 Å². The molecule has 0 fully saturated rings. The van der Waals surface area contributed by atoms with E-state index in [2.05, 4.69) is 0 Å². The molecule has 0 aromatic heterocycles. The van der Waals surface area contributed by atoms with Crippen molar-refractivity contribution >= 4 is 11.6 Å². The fraction of sp³-hybridized carbons (Fsp3) is 0.143. The van der Waals surface area contributed by atoms with E-state index in [0.717, 1.165) is 5.56 Å². The number of hydrogen-bond acceptors (Lipinski definition) is 2. The van der Waals surface area contributed by atoms with Crippen LogP contribution in [0.1, 0.15) is 11.1 Å². The van der Waals surface area contributed by atoms with E-state index in [1.165, 1.54) is 6.07 Å². The standard InChI is InChI=1S/C14H13ClFNO/c15-12-7-10(8-17)5-6-14(12)18-9-11-3-1-2-4-13(11)16/h1-7H,8-9,17H2. The zero-order valence-corrected chi connectivity index (χ0v) is 10.5. The fourth-order valence-corrected chi connectivity index (χ4v) is 1.82. The van der Waals surface area contributed by atoms with Gasteiger partial charge in [0.1, 0.15) is 18.2 Å². The summed E-state index contributed by atoms with van der Waals surface area (Å²) in [4.78, 5) is 0. The summed E-state index contributed by atoms with van der Waals surface area (Å²) >= 11 is 6.04. The average Bonchev–Trinajstić information content (AvgIpc) is 2.39. The second-order valence-electron chi connectivity index (χ2n) is 3.85. The molecule has 0 aliphatic carbocycles. The van der Waals surface area contributed by atoms with Gasteiger partial charge in [-0.25, -0.2) is 4.39 Å². The van der Waals surface area contributed by atoms with Gasteiger partial charge in [-0.1, -0.05) is 35.9 Å². The van der Waals surface area contributed by atoms with Crippen LogP contribution in [0.2, 0.25) is 5.02 Å². The number of benzene rings is 2. The Morgan fingerprint density at radius 1 is 1.17 bits per heavy atom. The molecule has 0 radical (unpaired) electrons. The van der Waals surface area contributed by atoms with Crippen LogP contribution in [0.3, 0.4) is 0 Å². The van der Waals surface area contributed by atoms with Crippen LogP contribution in [0.25, 0.3) is 0 Å². The van der Waals surface area contributed by atoms with Crippen molar-refractivity contribution in [3.05, 3.63) is 64.4 Å². The van der Waals surface area contributed by atoms with Gasteiger partial charge in [0.15, 0.2) is 0 Å². The molecule has 0 bridgehead atoms. The number of hydrogen-bond donors (Lipinski definition) is 1. The minimum Gasteiger partial charge on any atom is -0.487 e. The molecule has 0 saturated carbocycles. The van der Waals surface area contributed by atoms with Crippen molar-refractivity contribution < 1.29 is 9.13 Å². The third kappa shape index (κ3) is 3.00. The van der Waals surface area contributed by atoms with Crippen LogP contribution in [0.4, 0.5) is 4.39 Å². The second kappa shape index (κ2) is 5.85. The SMILES string of the molecule is NCc1ccc(OCc2ccccc2F)c(Cl)c1. The first-order valence-electron chi connectivity index (χ1n) is 5.55. The predicted molar refractivity (Wildman–Crippen MR) is 70.1 cm³/mol. The summed E-state index contributed by atoms with van der Waals surface area (Å²) in [6.07, 6.45) is 0. The van der Waals surface area contributed by atoms with Gasteiger partial charge in [-0.3, -0.25) is 0 Å². The van der Waals surface area contributed by atoms with E-state index in [1.807, 2.05) is 6.07 Å². The lowest BCUT2D eigenvalue weighted by molar-refractivity contribution is 0.300. The van der Waals surface area contributed by atoms with E-state index in [4.69, 9.17) is 22.1 Å². The van der Waals surface area contributed by atoms with Gasteiger partial charge in [-0.15, -0.1) is 0 Å². The maximum Gasteiger partial charge on any atom is 0.138 e. The Balaban J connectivity index is 2.09. The summed E-state index contributed by atoms with van der Waals surface area (Å²) in [6.45, 7) is 0.571. The van der Waals surface area contributed by atoms with Crippen molar-refractivity contribution in [3.8, 4) is 5.75 Å². The Hall–Kier alpha value is -1.58. The summed E-state index contributed by atoms with van der Waals surface area (Å²) in [7, 11) is 0. The normalized spacial score (nSPS) is 10.4. The van der Waals surface area contributed by atoms with E-state index in [9.17, 15) is 4.39 Å². The lowest BCUT2D eigenvalue weighted by Crippen LogP contribution is -2.00. The van der Waals surface area contributed by atoms with Crippen molar-refractivity contribution in [3.63, 3.8) is 0 Å². The van der Waals surface area contributed by atoms with Crippen molar-refractivity contribution in [2.75, 3.05) is 0 Å². The number of nitrogens with two attached hydrogens (primary N) is 1. The first-order chi connectivity index (χ1) is 8.70. The zero-order chi connectivity index (χ0) is 13.0. The van der Waals surface area contributed by atoms with Crippen LogP contribution in [-0.2, 0) is 13.2 Å². The number of rotatable bonds is 4. The summed E-state index contributed by atoms with van der Waals surface area (Å²) in [5.74, 6) is 0.240. The smallest absolute Gasteiger partial charge is 0.138 e. The molecule has 0 aliphatic rings. The van der Waals surface area contributed by atoms with Crippen molar-refractivity contribution in [2.45, 2.75) is 13.2 Å². The molecule has 0 unspecified atom stereocenters. The third-order valence-corrected chi connectivity index (χ3v) is 2.87. The van der Waals surface area contributed by atoms with E-state index in [0.29, 0.717) is 22.9 Å². The van der Waals surface area contributed by atoms with Gasteiger partial charge in [0.2, 0.25) is 0 Å². The number of halogens is 2. The first-order valence-corrected chi connectivity index (χ1v) is 5.93. The Morgan fingerprint density at radius 3 is 2.61 bits per heavy atom. The zero-order valence-electron chi connectivity index (χ0n) is 9.70. The van der Waals surface area contributed by atoms with Crippen molar-refractivity contribution in [1.82, 2.24) is 0 Å². The van der Waals surface area contributed by atoms with Crippen LogP contribution in [0.15, 0.2) is 42.5 Å². The summed E-state index contributed by atoms with van der Waals surface area (Å²) in [6, 6.07) is 11.8. The van der Waals surface area contributed by atoms with Crippen molar-refractivity contribution in [1.29, 1.82) is 0 Å². The molecule has 4 heteroatoms. The van der Waals surface area contributed by atoms with Gasteiger partial charge < -0.3 is 10.5 Å². The minimum absolute atomic E-state index is 0.147. The van der Waals surface area contributed by atoms with Crippen LogP contribution < -0.4 is 10.5 Å². The Labute approximate surface area is 110 Å². The highest BCUT2D eigenvalue weighted by atomic mass is 35.5.